The maximum Gasteiger partial charge on any atom is 0.0701 e. The van der Waals surface area contributed by atoms with Crippen LogP contribution in [0.1, 0.15) is 0 Å². The molecule has 0 aromatic carbocycles. The summed E-state index contributed by atoms with van der Waals surface area (Å²) < 4.78 is 20.4. The van der Waals surface area contributed by atoms with Crippen LogP contribution in [0.5, 0.6) is 0 Å². The van der Waals surface area contributed by atoms with Crippen LogP contribution in [0.25, 0.3) is 16.0 Å². The number of hydrogen-bond acceptors (Lipinski definition) is 6. The van der Waals surface area contributed by atoms with Crippen LogP contribution in [0.2, 0.25) is 0 Å². The lowest BCUT2D eigenvalue weighted by molar-refractivity contribution is -0.00856. The van der Waals surface area contributed by atoms with E-state index in [9.17, 15) is 0 Å². The van der Waals surface area contributed by atoms with Crippen molar-refractivity contribution in [3.8, 4) is 0 Å². The fraction of sp³-hybridized carbons (Fsp3) is 1.00. The molecule has 0 aliphatic heterocycles. The van der Waals surface area contributed by atoms with Gasteiger partial charge in [-0.05, 0) is 0 Å². The first-order valence-electron chi connectivity index (χ1n) is 5.84. The topological polar surface area (TPSA) is 136 Å². The number of nitrogens with zero attached hydrogens (tertiary/aromatic N) is 3. The molecule has 0 unspecified atom stereocenters. The monoisotopic (exact) mass is 280 g/mol. The van der Waals surface area contributed by atoms with Crippen molar-refractivity contribution in [3.63, 3.8) is 0 Å². The van der Waals surface area contributed by atoms with Gasteiger partial charge in [0.1, 0.15) is 0 Å². The van der Waals surface area contributed by atoms with Gasteiger partial charge in [0.15, 0.2) is 0 Å². The van der Waals surface area contributed by atoms with E-state index < -0.39 is 0 Å². The second kappa shape index (κ2) is 22.3. The van der Waals surface area contributed by atoms with Crippen molar-refractivity contribution < 1.29 is 29.2 Å². The Kier molecular flexibility index (Phi) is 23.9. The second-order valence-electron chi connectivity index (χ2n) is 2.99. The van der Waals surface area contributed by atoms with Crippen LogP contribution in [-0.4, -0.2) is 76.3 Å². The molecule has 19 heavy (non-hydrogen) atoms. The molecule has 9 heteroatoms. The molecular formula is C10H22N3O6-. The molecule has 0 aliphatic carbocycles. The Hall–Kier alpha value is -0.930. The highest BCUT2D eigenvalue weighted by molar-refractivity contribution is 4.36. The first-order valence-corrected chi connectivity index (χ1v) is 5.84. The number of aliphatic hydroxyl groups excluding tert-OH is 2. The number of rotatable bonds is 13. The smallest absolute Gasteiger partial charge is 0.0701 e. The molecule has 0 bridgehead atoms. The number of aliphatic hydroxyl groups is 2. The van der Waals surface area contributed by atoms with E-state index in [4.69, 9.17) is 40.2 Å². The van der Waals surface area contributed by atoms with E-state index in [1.165, 1.54) is 4.91 Å². The minimum Gasteiger partial charge on any atom is -0.394 e. The summed E-state index contributed by atoms with van der Waals surface area (Å²) in [5.41, 5.74) is 13.5. The Morgan fingerprint density at radius 2 is 0.789 bits per heavy atom. The summed E-state index contributed by atoms with van der Waals surface area (Å²) in [7, 11) is 0. The molecule has 0 spiro atoms. The average Bonchev–Trinajstić information content (AvgIpc) is 2.41. The van der Waals surface area contributed by atoms with Crippen molar-refractivity contribution in [1.82, 2.24) is 0 Å². The van der Waals surface area contributed by atoms with Gasteiger partial charge in [0, 0.05) is 0 Å². The largest absolute Gasteiger partial charge is 0.394 e. The van der Waals surface area contributed by atoms with Gasteiger partial charge >= 0.3 is 0 Å². The van der Waals surface area contributed by atoms with Crippen LogP contribution >= 0.6 is 0 Å². The average molecular weight is 280 g/mol. The lowest BCUT2D eigenvalue weighted by Crippen LogP contribution is -2.13. The third kappa shape index (κ3) is 26.6. The zero-order chi connectivity index (χ0) is 14.6. The van der Waals surface area contributed by atoms with Gasteiger partial charge in [-0.25, -0.2) is 0 Å². The Balaban J connectivity index is 0. The van der Waals surface area contributed by atoms with E-state index in [1.807, 2.05) is 0 Å². The Bertz CT molecular complexity index is 176. The SMILES string of the molecule is OCCOCCOCCOCCOCCO.[N-]=[N+]=[N-]. The predicted molar refractivity (Wildman–Crippen MR) is 67.5 cm³/mol. The summed E-state index contributed by atoms with van der Waals surface area (Å²) in [4.78, 5) is 1.50. The van der Waals surface area contributed by atoms with Crippen LogP contribution < -0.4 is 0 Å². The molecule has 0 aromatic rings. The Labute approximate surface area is 112 Å². The van der Waals surface area contributed by atoms with E-state index in [0.717, 1.165) is 0 Å². The summed E-state index contributed by atoms with van der Waals surface area (Å²) in [6, 6.07) is 0. The van der Waals surface area contributed by atoms with Crippen molar-refractivity contribution in [2.24, 2.45) is 0 Å². The van der Waals surface area contributed by atoms with E-state index in [-0.39, 0.29) is 13.2 Å². The molecule has 0 atom stereocenters. The van der Waals surface area contributed by atoms with Gasteiger partial charge in [0.05, 0.1) is 66.1 Å². The van der Waals surface area contributed by atoms with Crippen molar-refractivity contribution >= 4 is 0 Å². The molecule has 0 rings (SSSR count). The van der Waals surface area contributed by atoms with Crippen molar-refractivity contribution in [3.05, 3.63) is 16.0 Å². The maximum atomic E-state index is 8.41. The standard InChI is InChI=1S/C10H22O6.N3/c11-1-3-13-5-7-15-9-10-16-8-6-14-4-2-12;1-3-2/h11-12H,1-10H2;/q;-1. The van der Waals surface area contributed by atoms with Crippen molar-refractivity contribution in [2.45, 2.75) is 0 Å². The van der Waals surface area contributed by atoms with Gasteiger partial charge in [-0.1, -0.05) is 0 Å². The molecule has 0 saturated carbocycles. The van der Waals surface area contributed by atoms with Crippen LogP contribution in [-0.2, 0) is 18.9 Å². The molecule has 0 heterocycles. The minimum absolute atomic E-state index is 0.0386. The first-order chi connectivity index (χ1) is 9.33. The third-order valence-corrected chi connectivity index (χ3v) is 1.59. The molecule has 0 aromatic heterocycles. The highest BCUT2D eigenvalue weighted by Crippen LogP contribution is 1.82. The molecule has 0 radical (unpaired) electrons. The summed E-state index contributed by atoms with van der Waals surface area (Å²) in [5.74, 6) is 0. The minimum atomic E-state index is 0.0386. The zero-order valence-corrected chi connectivity index (χ0v) is 10.9. The van der Waals surface area contributed by atoms with E-state index in [2.05, 4.69) is 0 Å². The van der Waals surface area contributed by atoms with Crippen LogP contribution in [0, 0.1) is 0 Å². The number of ether oxygens (including phenoxy) is 4. The zero-order valence-electron chi connectivity index (χ0n) is 10.9. The van der Waals surface area contributed by atoms with E-state index >= 15 is 0 Å². The highest BCUT2D eigenvalue weighted by Gasteiger charge is 1.91. The second-order valence-corrected chi connectivity index (χ2v) is 2.99. The fourth-order valence-corrected chi connectivity index (χ4v) is 0.891. The lowest BCUT2D eigenvalue weighted by Gasteiger charge is -2.06. The van der Waals surface area contributed by atoms with Crippen LogP contribution in [0.3, 0.4) is 0 Å². The maximum absolute atomic E-state index is 8.41. The first kappa shape index (κ1) is 20.4. The van der Waals surface area contributed by atoms with E-state index in [1.54, 1.807) is 0 Å². The summed E-state index contributed by atoms with van der Waals surface area (Å²) >= 11 is 0. The third-order valence-electron chi connectivity index (χ3n) is 1.59. The fourth-order valence-electron chi connectivity index (χ4n) is 0.891. The summed E-state index contributed by atoms with van der Waals surface area (Å²) in [5, 5.41) is 16.8. The quantitative estimate of drug-likeness (QED) is 0.209. The number of hydrogen-bond donors (Lipinski definition) is 2. The van der Waals surface area contributed by atoms with Gasteiger partial charge < -0.3 is 40.2 Å². The molecule has 9 nitrogen and oxygen atoms in total. The molecule has 2 N–H and O–H groups in total. The van der Waals surface area contributed by atoms with Gasteiger partial charge in [-0.2, -0.15) is 0 Å². The molecule has 114 valence electrons. The Morgan fingerprint density at radius 1 is 0.579 bits per heavy atom. The normalized spacial score (nSPS) is 9.58. The molecular weight excluding hydrogens is 258 g/mol. The predicted octanol–water partition coefficient (Wildman–Crippen LogP) is -0.0965. The summed E-state index contributed by atoms with van der Waals surface area (Å²) in [6.07, 6.45) is 0. The van der Waals surface area contributed by atoms with Gasteiger partial charge in [-0.3, -0.25) is 4.91 Å². The van der Waals surface area contributed by atoms with Gasteiger partial charge in [0.25, 0.3) is 0 Å². The molecule has 0 saturated heterocycles. The lowest BCUT2D eigenvalue weighted by atomic mass is 10.7. The van der Waals surface area contributed by atoms with Gasteiger partial charge in [0.2, 0.25) is 0 Å². The highest BCUT2D eigenvalue weighted by atomic mass is 16.6. The molecule has 0 amide bonds. The van der Waals surface area contributed by atoms with Crippen LogP contribution in [0.15, 0.2) is 0 Å². The molecule has 0 fully saturated rings. The van der Waals surface area contributed by atoms with Crippen LogP contribution in [0.4, 0.5) is 0 Å². The Morgan fingerprint density at radius 3 is 1.00 bits per heavy atom. The van der Waals surface area contributed by atoms with Crippen molar-refractivity contribution in [2.75, 3.05) is 66.1 Å². The van der Waals surface area contributed by atoms with Gasteiger partial charge in [-0.15, -0.1) is 0 Å². The molecule has 0 aliphatic rings. The summed E-state index contributed by atoms with van der Waals surface area (Å²) in [6.45, 7) is 3.79. The van der Waals surface area contributed by atoms with Crippen molar-refractivity contribution in [1.29, 1.82) is 0 Å². The van der Waals surface area contributed by atoms with E-state index in [0.29, 0.717) is 52.9 Å².